The second-order valence-corrected chi connectivity index (χ2v) is 5.00. The van der Waals surface area contributed by atoms with Crippen molar-refractivity contribution in [3.63, 3.8) is 0 Å². The topological polar surface area (TPSA) is 56.2 Å². The number of ether oxygens (including phenoxy) is 1. The Bertz CT molecular complexity index is 454. The molecule has 0 aliphatic heterocycles. The largest absolute Gasteiger partial charge is 0.468 e. The van der Waals surface area contributed by atoms with Gasteiger partial charge in [-0.1, -0.05) is 6.92 Å². The van der Waals surface area contributed by atoms with Gasteiger partial charge >= 0.3 is 5.97 Å². The molecule has 1 aromatic rings. The number of nitrogens with one attached hydrogen (secondary N) is 1. The van der Waals surface area contributed by atoms with E-state index in [-0.39, 0.29) is 12.0 Å². The number of carbonyl (C=O) groups excluding carboxylic acids is 1. The summed E-state index contributed by atoms with van der Waals surface area (Å²) >= 11 is 0. The van der Waals surface area contributed by atoms with Crippen LogP contribution in [0.15, 0.2) is 0 Å². The minimum Gasteiger partial charge on any atom is -0.468 e. The maximum atomic E-state index is 11.8. The fourth-order valence-corrected chi connectivity index (χ4v) is 2.77. The molecule has 0 saturated carbocycles. The summed E-state index contributed by atoms with van der Waals surface area (Å²) in [6.45, 7) is 5.36. The van der Waals surface area contributed by atoms with Gasteiger partial charge in [-0.3, -0.25) is 4.79 Å². The number of fused-ring (bicyclic) bond motifs is 1. The lowest BCUT2D eigenvalue weighted by molar-refractivity contribution is -0.143. The molecule has 1 unspecified atom stereocenters. The Morgan fingerprint density at radius 3 is 2.89 bits per heavy atom. The number of aryl methyl sites for hydroxylation is 2. The molecule has 0 bridgehead atoms. The van der Waals surface area contributed by atoms with Gasteiger partial charge in [0.05, 0.1) is 19.3 Å². The molecule has 1 atom stereocenters. The number of esters is 1. The van der Waals surface area contributed by atoms with Gasteiger partial charge in [-0.15, -0.1) is 0 Å². The van der Waals surface area contributed by atoms with Crippen molar-refractivity contribution in [1.29, 1.82) is 0 Å². The second kappa shape index (κ2) is 6.19. The van der Waals surface area contributed by atoms with E-state index >= 15 is 0 Å². The summed E-state index contributed by atoms with van der Waals surface area (Å²) in [4.78, 5) is 16.4. The molecule has 1 aliphatic carbocycles. The van der Waals surface area contributed by atoms with Gasteiger partial charge < -0.3 is 14.6 Å². The molecular weight excluding hydrogens is 242 g/mol. The highest BCUT2D eigenvalue weighted by Gasteiger charge is 2.23. The highest BCUT2D eigenvalue weighted by atomic mass is 16.5. The van der Waals surface area contributed by atoms with E-state index in [2.05, 4.69) is 14.9 Å². The van der Waals surface area contributed by atoms with E-state index in [0.29, 0.717) is 6.54 Å². The van der Waals surface area contributed by atoms with E-state index in [4.69, 9.17) is 4.74 Å². The van der Waals surface area contributed by atoms with Crippen LogP contribution in [-0.4, -0.2) is 35.2 Å². The number of likely N-dealkylation sites (N-methyl/N-ethyl adjacent to an activating group) is 1. The summed E-state index contributed by atoms with van der Waals surface area (Å²) in [5.74, 6) is 0.790. The number of hydrogen-bond acceptors (Lipinski definition) is 4. The summed E-state index contributed by atoms with van der Waals surface area (Å²) in [6.07, 6.45) is 4.56. The van der Waals surface area contributed by atoms with E-state index in [9.17, 15) is 4.79 Å². The first-order chi connectivity index (χ1) is 9.17. The summed E-state index contributed by atoms with van der Waals surface area (Å²) in [5.41, 5.74) is 2.51. The molecule has 0 aromatic carbocycles. The Hall–Kier alpha value is -1.36. The first-order valence-electron chi connectivity index (χ1n) is 7.03. The van der Waals surface area contributed by atoms with Gasteiger partial charge in [0.1, 0.15) is 11.9 Å². The van der Waals surface area contributed by atoms with E-state index in [1.807, 2.05) is 13.8 Å². The Balaban J connectivity index is 2.21. The van der Waals surface area contributed by atoms with Crippen LogP contribution in [0.1, 0.15) is 37.0 Å². The Morgan fingerprint density at radius 2 is 2.21 bits per heavy atom. The van der Waals surface area contributed by atoms with Crippen LogP contribution in [0.4, 0.5) is 0 Å². The molecule has 106 valence electrons. The smallest absolute Gasteiger partial charge is 0.324 e. The van der Waals surface area contributed by atoms with Crippen LogP contribution in [0.25, 0.3) is 0 Å². The zero-order valence-electron chi connectivity index (χ0n) is 12.0. The number of aromatic nitrogens is 2. The molecule has 0 saturated heterocycles. The van der Waals surface area contributed by atoms with Crippen molar-refractivity contribution < 1.29 is 9.53 Å². The number of rotatable bonds is 5. The monoisotopic (exact) mass is 265 g/mol. The van der Waals surface area contributed by atoms with Crippen molar-refractivity contribution in [3.05, 3.63) is 17.2 Å². The van der Waals surface area contributed by atoms with E-state index < -0.39 is 0 Å². The molecule has 5 heteroatoms. The van der Waals surface area contributed by atoms with Gasteiger partial charge in [0.15, 0.2) is 0 Å². The van der Waals surface area contributed by atoms with Crippen LogP contribution in [-0.2, 0) is 28.9 Å². The van der Waals surface area contributed by atoms with Crippen molar-refractivity contribution >= 4 is 5.97 Å². The molecule has 1 heterocycles. The Morgan fingerprint density at radius 1 is 1.47 bits per heavy atom. The minimum absolute atomic E-state index is 0.209. The normalized spacial score (nSPS) is 15.9. The average Bonchev–Trinajstić information content (AvgIpc) is 2.73. The predicted octanol–water partition coefficient (Wildman–Crippen LogP) is 1.22. The van der Waals surface area contributed by atoms with E-state index in [0.717, 1.165) is 25.2 Å². The van der Waals surface area contributed by atoms with Crippen LogP contribution < -0.4 is 5.32 Å². The standard InChI is InChI=1S/C14H23N3O2/c1-4-15-12(14(18)19-3)9-17-10(2)16-11-7-5-6-8-13(11)17/h12,15H,4-9H2,1-3H3. The second-order valence-electron chi connectivity index (χ2n) is 5.00. The third-order valence-corrected chi connectivity index (χ3v) is 3.72. The molecule has 0 spiro atoms. The number of imidazole rings is 1. The van der Waals surface area contributed by atoms with Crippen LogP contribution in [0.2, 0.25) is 0 Å². The lowest BCUT2D eigenvalue weighted by Gasteiger charge is -2.20. The average molecular weight is 265 g/mol. The lowest BCUT2D eigenvalue weighted by Crippen LogP contribution is -2.41. The Kier molecular flexibility index (Phi) is 4.58. The first kappa shape index (κ1) is 14.1. The highest BCUT2D eigenvalue weighted by molar-refractivity contribution is 5.75. The van der Waals surface area contributed by atoms with Gasteiger partial charge in [-0.25, -0.2) is 4.98 Å². The van der Waals surface area contributed by atoms with Crippen molar-refractivity contribution in [2.45, 2.75) is 52.1 Å². The zero-order chi connectivity index (χ0) is 13.8. The molecule has 0 radical (unpaired) electrons. The first-order valence-corrected chi connectivity index (χ1v) is 7.03. The summed E-state index contributed by atoms with van der Waals surface area (Å²) in [6, 6.07) is -0.297. The third kappa shape index (κ3) is 2.97. The number of methoxy groups -OCH3 is 1. The summed E-state index contributed by atoms with van der Waals surface area (Å²) in [5, 5.41) is 3.18. The number of carbonyl (C=O) groups is 1. The fraction of sp³-hybridized carbons (Fsp3) is 0.714. The Labute approximate surface area is 114 Å². The van der Waals surface area contributed by atoms with Gasteiger partial charge in [0, 0.05) is 5.69 Å². The van der Waals surface area contributed by atoms with Crippen LogP contribution in [0.3, 0.4) is 0 Å². The highest BCUT2D eigenvalue weighted by Crippen LogP contribution is 2.22. The summed E-state index contributed by atoms with van der Waals surface area (Å²) in [7, 11) is 1.43. The number of nitrogens with zero attached hydrogens (tertiary/aromatic N) is 2. The SMILES string of the molecule is CCNC(Cn1c(C)nc2c1CCCC2)C(=O)OC. The van der Waals surface area contributed by atoms with E-state index in [1.165, 1.54) is 31.3 Å². The number of hydrogen-bond donors (Lipinski definition) is 1. The molecule has 1 aliphatic rings. The predicted molar refractivity (Wildman–Crippen MR) is 73.1 cm³/mol. The molecular formula is C14H23N3O2. The lowest BCUT2D eigenvalue weighted by atomic mass is 10.0. The van der Waals surface area contributed by atoms with Crippen molar-refractivity contribution in [3.8, 4) is 0 Å². The minimum atomic E-state index is -0.297. The van der Waals surface area contributed by atoms with Gasteiger partial charge in [0.2, 0.25) is 0 Å². The molecule has 0 fully saturated rings. The quantitative estimate of drug-likeness (QED) is 0.813. The van der Waals surface area contributed by atoms with Crippen LogP contribution >= 0.6 is 0 Å². The van der Waals surface area contributed by atoms with Gasteiger partial charge in [-0.2, -0.15) is 0 Å². The maximum absolute atomic E-state index is 11.8. The van der Waals surface area contributed by atoms with Crippen LogP contribution in [0.5, 0.6) is 0 Å². The molecule has 2 rings (SSSR count). The molecule has 1 N–H and O–H groups in total. The third-order valence-electron chi connectivity index (χ3n) is 3.72. The van der Waals surface area contributed by atoms with Crippen molar-refractivity contribution in [2.24, 2.45) is 0 Å². The summed E-state index contributed by atoms with van der Waals surface area (Å²) < 4.78 is 7.04. The maximum Gasteiger partial charge on any atom is 0.324 e. The van der Waals surface area contributed by atoms with Crippen molar-refractivity contribution in [1.82, 2.24) is 14.9 Å². The molecule has 0 amide bonds. The van der Waals surface area contributed by atoms with Crippen molar-refractivity contribution in [2.75, 3.05) is 13.7 Å². The molecule has 19 heavy (non-hydrogen) atoms. The molecule has 5 nitrogen and oxygen atoms in total. The molecule has 1 aromatic heterocycles. The van der Waals surface area contributed by atoms with Gasteiger partial charge in [0.25, 0.3) is 0 Å². The van der Waals surface area contributed by atoms with E-state index in [1.54, 1.807) is 0 Å². The van der Waals surface area contributed by atoms with Crippen LogP contribution in [0, 0.1) is 6.92 Å². The zero-order valence-corrected chi connectivity index (χ0v) is 12.0. The van der Waals surface area contributed by atoms with Gasteiger partial charge in [-0.05, 0) is 39.2 Å². The fourth-order valence-electron chi connectivity index (χ4n) is 2.77.